The second kappa shape index (κ2) is 6.57. The van der Waals surface area contributed by atoms with Gasteiger partial charge in [0, 0.05) is 29.2 Å². The van der Waals surface area contributed by atoms with Gasteiger partial charge in [0.2, 0.25) is 5.91 Å². The molecule has 1 heterocycles. The number of carbonyl (C=O) groups excluding carboxylic acids is 1. The van der Waals surface area contributed by atoms with Crippen molar-refractivity contribution in [1.29, 1.82) is 0 Å². The van der Waals surface area contributed by atoms with Gasteiger partial charge < -0.3 is 15.0 Å². The molecule has 2 N–H and O–H groups in total. The number of benzene rings is 2. The predicted octanol–water partition coefficient (Wildman–Crippen LogP) is 3.60. The molecule has 1 aromatic heterocycles. The van der Waals surface area contributed by atoms with E-state index >= 15 is 0 Å². The molecule has 3 aromatic rings. The van der Waals surface area contributed by atoms with Gasteiger partial charge in [0.1, 0.15) is 5.75 Å². The lowest BCUT2D eigenvalue weighted by atomic mass is 9.99. The molecule has 2 aromatic carbocycles. The van der Waals surface area contributed by atoms with Crippen LogP contribution in [0.3, 0.4) is 0 Å². The molecule has 4 heteroatoms. The Hall–Kier alpha value is -2.75. The van der Waals surface area contributed by atoms with Crippen LogP contribution >= 0.6 is 0 Å². The van der Waals surface area contributed by atoms with Crippen LogP contribution in [0.4, 0.5) is 0 Å². The topological polar surface area (TPSA) is 54.1 Å². The minimum absolute atomic E-state index is 0.000610. The van der Waals surface area contributed by atoms with E-state index in [9.17, 15) is 4.79 Å². The summed E-state index contributed by atoms with van der Waals surface area (Å²) >= 11 is 0. The van der Waals surface area contributed by atoms with Crippen molar-refractivity contribution in [2.75, 3.05) is 7.11 Å². The molecule has 0 aliphatic rings. The summed E-state index contributed by atoms with van der Waals surface area (Å²) in [6.07, 6.45) is 1.91. The molecule has 0 saturated carbocycles. The summed E-state index contributed by atoms with van der Waals surface area (Å²) in [5, 5.41) is 4.08. The van der Waals surface area contributed by atoms with E-state index in [2.05, 4.69) is 10.3 Å². The van der Waals surface area contributed by atoms with Crippen molar-refractivity contribution < 1.29 is 9.53 Å². The van der Waals surface area contributed by atoms with Gasteiger partial charge in [-0.25, -0.2) is 0 Å². The number of hydrogen-bond acceptors (Lipinski definition) is 2. The van der Waals surface area contributed by atoms with Gasteiger partial charge in [0.05, 0.1) is 13.0 Å². The first-order valence-corrected chi connectivity index (χ1v) is 7.66. The fraction of sp³-hybridized carbons (Fsp3) is 0.211. The standard InChI is InChI=1S/C19H20N2O2/c1-13(16-12-20-17-9-5-4-8-15(16)17)19(22)21-11-14-7-3-6-10-18(14)23-2/h3-10,12-13,20H,11H2,1-2H3,(H,21,22). The lowest BCUT2D eigenvalue weighted by Crippen LogP contribution is -2.27. The lowest BCUT2D eigenvalue weighted by molar-refractivity contribution is -0.122. The SMILES string of the molecule is COc1ccccc1CNC(=O)C(C)c1c[nH]c2ccccc12. The van der Waals surface area contributed by atoms with Crippen LogP contribution in [0.15, 0.2) is 54.7 Å². The van der Waals surface area contributed by atoms with Crippen LogP contribution < -0.4 is 10.1 Å². The first-order chi connectivity index (χ1) is 11.2. The maximum Gasteiger partial charge on any atom is 0.227 e. The van der Waals surface area contributed by atoms with Gasteiger partial charge in [-0.3, -0.25) is 4.79 Å². The third-order valence-electron chi connectivity index (χ3n) is 4.13. The minimum atomic E-state index is -0.221. The van der Waals surface area contributed by atoms with E-state index in [0.717, 1.165) is 27.8 Å². The quantitative estimate of drug-likeness (QED) is 0.756. The summed E-state index contributed by atoms with van der Waals surface area (Å²) in [5.41, 5.74) is 3.03. The van der Waals surface area contributed by atoms with Gasteiger partial charge in [0.25, 0.3) is 0 Å². The van der Waals surface area contributed by atoms with Crippen molar-refractivity contribution in [2.24, 2.45) is 0 Å². The van der Waals surface area contributed by atoms with E-state index in [-0.39, 0.29) is 11.8 Å². The summed E-state index contributed by atoms with van der Waals surface area (Å²) in [6.45, 7) is 2.38. The number of aromatic amines is 1. The van der Waals surface area contributed by atoms with E-state index in [1.807, 2.05) is 61.7 Å². The normalized spacial score (nSPS) is 12.1. The molecule has 0 bridgehead atoms. The number of hydrogen-bond donors (Lipinski definition) is 2. The molecule has 1 unspecified atom stereocenters. The first kappa shape index (κ1) is 15.2. The monoisotopic (exact) mass is 308 g/mol. The van der Waals surface area contributed by atoms with Crippen molar-refractivity contribution in [3.8, 4) is 5.75 Å². The number of amides is 1. The van der Waals surface area contributed by atoms with Crippen LogP contribution in [0.25, 0.3) is 10.9 Å². The number of nitrogens with one attached hydrogen (secondary N) is 2. The van der Waals surface area contributed by atoms with E-state index in [1.54, 1.807) is 7.11 Å². The summed E-state index contributed by atoms with van der Waals surface area (Å²) in [7, 11) is 1.63. The number of methoxy groups -OCH3 is 1. The highest BCUT2D eigenvalue weighted by molar-refractivity contribution is 5.91. The van der Waals surface area contributed by atoms with Crippen LogP contribution in [0.2, 0.25) is 0 Å². The summed E-state index contributed by atoms with van der Waals surface area (Å²) in [5.74, 6) is 0.564. The molecule has 0 spiro atoms. The molecule has 1 amide bonds. The summed E-state index contributed by atoms with van der Waals surface area (Å²) in [4.78, 5) is 15.7. The van der Waals surface area contributed by atoms with Crippen LogP contribution in [-0.2, 0) is 11.3 Å². The molecule has 0 radical (unpaired) electrons. The zero-order chi connectivity index (χ0) is 16.2. The Morgan fingerprint density at radius 2 is 1.91 bits per heavy atom. The second-order valence-electron chi connectivity index (χ2n) is 5.54. The Labute approximate surface area is 135 Å². The van der Waals surface area contributed by atoms with E-state index in [0.29, 0.717) is 6.54 Å². The maximum absolute atomic E-state index is 12.5. The van der Waals surface area contributed by atoms with Gasteiger partial charge in [-0.05, 0) is 24.6 Å². The Bertz CT molecular complexity index is 823. The molecule has 4 nitrogen and oxygen atoms in total. The van der Waals surface area contributed by atoms with Crippen molar-refractivity contribution in [1.82, 2.24) is 10.3 Å². The van der Waals surface area contributed by atoms with Crippen molar-refractivity contribution >= 4 is 16.8 Å². The smallest absolute Gasteiger partial charge is 0.227 e. The number of H-pyrrole nitrogens is 1. The zero-order valence-electron chi connectivity index (χ0n) is 13.3. The predicted molar refractivity (Wildman–Crippen MR) is 91.6 cm³/mol. The Morgan fingerprint density at radius 1 is 1.17 bits per heavy atom. The van der Waals surface area contributed by atoms with Gasteiger partial charge in [0.15, 0.2) is 0 Å². The Balaban J connectivity index is 1.73. The second-order valence-corrected chi connectivity index (χ2v) is 5.54. The fourth-order valence-corrected chi connectivity index (χ4v) is 2.78. The van der Waals surface area contributed by atoms with Crippen molar-refractivity contribution in [3.05, 3.63) is 65.9 Å². The van der Waals surface area contributed by atoms with Crippen molar-refractivity contribution in [2.45, 2.75) is 19.4 Å². The number of para-hydroxylation sites is 2. The third kappa shape index (κ3) is 3.06. The van der Waals surface area contributed by atoms with E-state index in [1.165, 1.54) is 0 Å². The Morgan fingerprint density at radius 3 is 2.74 bits per heavy atom. The fourth-order valence-electron chi connectivity index (χ4n) is 2.78. The first-order valence-electron chi connectivity index (χ1n) is 7.66. The van der Waals surface area contributed by atoms with Gasteiger partial charge in [-0.2, -0.15) is 0 Å². The van der Waals surface area contributed by atoms with Gasteiger partial charge in [-0.15, -0.1) is 0 Å². The molecule has 0 aliphatic carbocycles. The average Bonchev–Trinajstić information content (AvgIpc) is 3.03. The third-order valence-corrected chi connectivity index (χ3v) is 4.13. The Kier molecular flexibility index (Phi) is 4.33. The van der Waals surface area contributed by atoms with Gasteiger partial charge in [-0.1, -0.05) is 36.4 Å². The molecule has 1 atom stereocenters. The van der Waals surface area contributed by atoms with Crippen LogP contribution in [0.1, 0.15) is 24.0 Å². The molecular formula is C19H20N2O2. The summed E-state index contributed by atoms with van der Waals surface area (Å²) in [6, 6.07) is 15.7. The lowest BCUT2D eigenvalue weighted by Gasteiger charge is -2.13. The number of fused-ring (bicyclic) bond motifs is 1. The molecule has 0 fully saturated rings. The van der Waals surface area contributed by atoms with Crippen LogP contribution in [0, 0.1) is 0 Å². The molecule has 118 valence electrons. The molecule has 0 saturated heterocycles. The molecule has 0 aliphatic heterocycles. The highest BCUT2D eigenvalue weighted by atomic mass is 16.5. The molecule has 23 heavy (non-hydrogen) atoms. The largest absolute Gasteiger partial charge is 0.496 e. The number of aromatic nitrogens is 1. The maximum atomic E-state index is 12.5. The van der Waals surface area contributed by atoms with Crippen LogP contribution in [-0.4, -0.2) is 18.0 Å². The highest BCUT2D eigenvalue weighted by Gasteiger charge is 2.18. The molecule has 3 rings (SSSR count). The van der Waals surface area contributed by atoms with E-state index < -0.39 is 0 Å². The number of rotatable bonds is 5. The zero-order valence-corrected chi connectivity index (χ0v) is 13.3. The number of ether oxygens (including phenoxy) is 1. The van der Waals surface area contributed by atoms with Crippen molar-refractivity contribution in [3.63, 3.8) is 0 Å². The average molecular weight is 308 g/mol. The minimum Gasteiger partial charge on any atom is -0.496 e. The van der Waals surface area contributed by atoms with Gasteiger partial charge >= 0.3 is 0 Å². The van der Waals surface area contributed by atoms with E-state index in [4.69, 9.17) is 4.74 Å². The molecular weight excluding hydrogens is 288 g/mol. The number of carbonyl (C=O) groups is 1. The highest BCUT2D eigenvalue weighted by Crippen LogP contribution is 2.25. The summed E-state index contributed by atoms with van der Waals surface area (Å²) < 4.78 is 5.31. The van der Waals surface area contributed by atoms with Crippen LogP contribution in [0.5, 0.6) is 5.75 Å².